The van der Waals surface area contributed by atoms with Crippen molar-refractivity contribution in [2.45, 2.75) is 19.3 Å². The van der Waals surface area contributed by atoms with Gasteiger partial charge < -0.3 is 20.1 Å². The Hall–Kier alpha value is -1.75. The summed E-state index contributed by atoms with van der Waals surface area (Å²) >= 11 is 0. The molecule has 0 saturated carbocycles. The molecule has 1 aromatic rings. The molecule has 1 saturated heterocycles. The second-order valence-corrected chi connectivity index (χ2v) is 5.62. The number of fused-ring (bicyclic) bond motifs is 1. The van der Waals surface area contributed by atoms with E-state index in [1.807, 2.05) is 6.07 Å². The van der Waals surface area contributed by atoms with E-state index in [0.29, 0.717) is 30.4 Å². The van der Waals surface area contributed by atoms with Gasteiger partial charge in [-0.15, -0.1) is 0 Å². The third-order valence-corrected chi connectivity index (χ3v) is 4.01. The number of amides is 1. The van der Waals surface area contributed by atoms with E-state index in [1.54, 1.807) is 12.1 Å². The molecule has 114 valence electrons. The minimum atomic E-state index is -0.0448. The van der Waals surface area contributed by atoms with E-state index in [4.69, 9.17) is 9.47 Å². The van der Waals surface area contributed by atoms with Crippen LogP contribution in [0.2, 0.25) is 0 Å². The Kier molecular flexibility index (Phi) is 4.60. The van der Waals surface area contributed by atoms with Crippen LogP contribution in [0.5, 0.6) is 11.5 Å². The molecular formula is C16H22N2O3. The summed E-state index contributed by atoms with van der Waals surface area (Å²) in [6.45, 7) is 4.18. The fraction of sp³-hybridized carbons (Fsp3) is 0.562. The number of carbonyl (C=O) groups excluding carboxylic acids is 1. The van der Waals surface area contributed by atoms with Gasteiger partial charge in [-0.3, -0.25) is 4.79 Å². The first-order valence-electron chi connectivity index (χ1n) is 7.71. The molecule has 2 N–H and O–H groups in total. The first-order valence-corrected chi connectivity index (χ1v) is 7.71. The van der Waals surface area contributed by atoms with Crippen molar-refractivity contribution in [1.82, 2.24) is 10.6 Å². The topological polar surface area (TPSA) is 59.6 Å². The number of benzene rings is 1. The zero-order valence-electron chi connectivity index (χ0n) is 12.2. The highest BCUT2D eigenvalue weighted by molar-refractivity contribution is 5.94. The summed E-state index contributed by atoms with van der Waals surface area (Å²) in [6.07, 6.45) is 3.11. The number of ether oxygens (including phenoxy) is 2. The fourth-order valence-corrected chi connectivity index (χ4v) is 2.76. The van der Waals surface area contributed by atoms with E-state index in [2.05, 4.69) is 10.6 Å². The van der Waals surface area contributed by atoms with Crippen LogP contribution in [-0.2, 0) is 0 Å². The molecule has 2 aliphatic heterocycles. The van der Waals surface area contributed by atoms with Crippen molar-refractivity contribution < 1.29 is 14.3 Å². The summed E-state index contributed by atoms with van der Waals surface area (Å²) in [5, 5.41) is 6.32. The van der Waals surface area contributed by atoms with Crippen molar-refractivity contribution in [3.63, 3.8) is 0 Å². The minimum absolute atomic E-state index is 0.0448. The Morgan fingerprint density at radius 2 is 2.14 bits per heavy atom. The lowest BCUT2D eigenvalue weighted by Gasteiger charge is -2.11. The third-order valence-electron chi connectivity index (χ3n) is 4.01. The molecule has 1 atom stereocenters. The predicted octanol–water partition coefficient (Wildman–Crippen LogP) is 1.58. The summed E-state index contributed by atoms with van der Waals surface area (Å²) in [5.74, 6) is 2.03. The van der Waals surface area contributed by atoms with Gasteiger partial charge in [-0.25, -0.2) is 0 Å². The SMILES string of the molecule is O=C(NCCC1CCNC1)c1ccc2c(c1)OCCCO2. The van der Waals surface area contributed by atoms with Gasteiger partial charge in [0.1, 0.15) is 0 Å². The summed E-state index contributed by atoms with van der Waals surface area (Å²) in [7, 11) is 0. The molecule has 2 heterocycles. The monoisotopic (exact) mass is 290 g/mol. The molecule has 0 radical (unpaired) electrons. The van der Waals surface area contributed by atoms with E-state index in [-0.39, 0.29) is 5.91 Å². The molecule has 1 fully saturated rings. The van der Waals surface area contributed by atoms with Crippen molar-refractivity contribution in [3.8, 4) is 11.5 Å². The molecule has 1 amide bonds. The molecule has 5 heteroatoms. The second kappa shape index (κ2) is 6.80. The summed E-state index contributed by atoms with van der Waals surface area (Å²) < 4.78 is 11.2. The predicted molar refractivity (Wildman–Crippen MR) is 80.0 cm³/mol. The molecule has 0 aliphatic carbocycles. The molecule has 21 heavy (non-hydrogen) atoms. The maximum absolute atomic E-state index is 12.2. The molecule has 1 aromatic carbocycles. The molecule has 5 nitrogen and oxygen atoms in total. The number of hydrogen-bond donors (Lipinski definition) is 2. The molecule has 0 bridgehead atoms. The smallest absolute Gasteiger partial charge is 0.251 e. The lowest BCUT2D eigenvalue weighted by atomic mass is 10.1. The summed E-state index contributed by atoms with van der Waals surface area (Å²) in [5.41, 5.74) is 0.629. The Labute approximate surface area is 125 Å². The Balaban J connectivity index is 1.55. The number of nitrogens with one attached hydrogen (secondary N) is 2. The Bertz CT molecular complexity index is 498. The van der Waals surface area contributed by atoms with Gasteiger partial charge in [0.2, 0.25) is 0 Å². The highest BCUT2D eigenvalue weighted by Gasteiger charge is 2.16. The number of rotatable bonds is 4. The van der Waals surface area contributed by atoms with Crippen LogP contribution in [0.4, 0.5) is 0 Å². The van der Waals surface area contributed by atoms with Gasteiger partial charge in [-0.05, 0) is 50.0 Å². The lowest BCUT2D eigenvalue weighted by molar-refractivity contribution is 0.0951. The quantitative estimate of drug-likeness (QED) is 0.884. The van der Waals surface area contributed by atoms with Gasteiger partial charge in [0.25, 0.3) is 5.91 Å². The second-order valence-electron chi connectivity index (χ2n) is 5.62. The standard InChI is InChI=1S/C16H22N2O3/c19-16(18-7-5-12-4-6-17-11-12)13-2-3-14-15(10-13)21-9-1-8-20-14/h2-3,10,12,17H,1,4-9,11H2,(H,18,19). The van der Waals surface area contributed by atoms with Crippen LogP contribution in [0.3, 0.4) is 0 Å². The normalized spacial score (nSPS) is 20.9. The van der Waals surface area contributed by atoms with Crippen molar-refractivity contribution in [1.29, 1.82) is 0 Å². The summed E-state index contributed by atoms with van der Waals surface area (Å²) in [4.78, 5) is 12.2. The van der Waals surface area contributed by atoms with Gasteiger partial charge >= 0.3 is 0 Å². The van der Waals surface area contributed by atoms with Crippen LogP contribution in [0.15, 0.2) is 18.2 Å². The van der Waals surface area contributed by atoms with Crippen molar-refractivity contribution in [2.24, 2.45) is 5.92 Å². The average Bonchev–Trinajstić information content (AvgIpc) is 2.90. The molecule has 0 aromatic heterocycles. The third kappa shape index (κ3) is 3.67. The first-order chi connectivity index (χ1) is 10.3. The highest BCUT2D eigenvalue weighted by Crippen LogP contribution is 2.30. The average molecular weight is 290 g/mol. The molecule has 0 spiro atoms. The van der Waals surface area contributed by atoms with Crippen LogP contribution in [0, 0.1) is 5.92 Å². The van der Waals surface area contributed by atoms with Gasteiger partial charge in [0.05, 0.1) is 13.2 Å². The molecule has 3 rings (SSSR count). The largest absolute Gasteiger partial charge is 0.490 e. The maximum Gasteiger partial charge on any atom is 0.251 e. The summed E-state index contributed by atoms with van der Waals surface area (Å²) in [6, 6.07) is 5.38. The lowest BCUT2D eigenvalue weighted by Crippen LogP contribution is -2.26. The van der Waals surface area contributed by atoms with Gasteiger partial charge in [-0.2, -0.15) is 0 Å². The van der Waals surface area contributed by atoms with Gasteiger partial charge in [-0.1, -0.05) is 0 Å². The van der Waals surface area contributed by atoms with E-state index in [0.717, 1.165) is 38.2 Å². The van der Waals surface area contributed by atoms with Crippen molar-refractivity contribution in [2.75, 3.05) is 32.8 Å². The van der Waals surface area contributed by atoms with E-state index < -0.39 is 0 Å². The fourth-order valence-electron chi connectivity index (χ4n) is 2.76. The van der Waals surface area contributed by atoms with Crippen LogP contribution in [-0.4, -0.2) is 38.8 Å². The number of carbonyl (C=O) groups is 1. The van der Waals surface area contributed by atoms with Crippen molar-refractivity contribution in [3.05, 3.63) is 23.8 Å². The Morgan fingerprint density at radius 1 is 1.29 bits per heavy atom. The van der Waals surface area contributed by atoms with Gasteiger partial charge in [0.15, 0.2) is 11.5 Å². The van der Waals surface area contributed by atoms with E-state index in [1.165, 1.54) is 6.42 Å². The van der Waals surface area contributed by atoms with Crippen LogP contribution in [0.25, 0.3) is 0 Å². The zero-order chi connectivity index (χ0) is 14.5. The number of hydrogen-bond acceptors (Lipinski definition) is 4. The highest BCUT2D eigenvalue weighted by atomic mass is 16.5. The maximum atomic E-state index is 12.2. The van der Waals surface area contributed by atoms with Crippen LogP contribution >= 0.6 is 0 Å². The van der Waals surface area contributed by atoms with Crippen LogP contribution < -0.4 is 20.1 Å². The van der Waals surface area contributed by atoms with E-state index >= 15 is 0 Å². The van der Waals surface area contributed by atoms with E-state index in [9.17, 15) is 4.79 Å². The minimum Gasteiger partial charge on any atom is -0.490 e. The van der Waals surface area contributed by atoms with Crippen LogP contribution in [0.1, 0.15) is 29.6 Å². The van der Waals surface area contributed by atoms with Gasteiger partial charge in [0, 0.05) is 18.5 Å². The zero-order valence-corrected chi connectivity index (χ0v) is 12.2. The molecule has 2 aliphatic rings. The Morgan fingerprint density at radius 3 is 2.95 bits per heavy atom. The first kappa shape index (κ1) is 14.2. The van der Waals surface area contributed by atoms with Crippen molar-refractivity contribution >= 4 is 5.91 Å². The molecular weight excluding hydrogens is 268 g/mol. The molecule has 1 unspecified atom stereocenters.